The van der Waals surface area contributed by atoms with Crippen LogP contribution in [0.2, 0.25) is 0 Å². The van der Waals surface area contributed by atoms with E-state index in [2.05, 4.69) is 20.2 Å². The first-order valence-electron chi connectivity index (χ1n) is 10.2. The van der Waals surface area contributed by atoms with Gasteiger partial charge >= 0.3 is 0 Å². The Bertz CT molecular complexity index is 1260. The van der Waals surface area contributed by atoms with Gasteiger partial charge in [-0.25, -0.2) is 9.97 Å². The standard InChI is InChI=1S/C23H24N6O2S.H2O.4H2/c1-14(2)32(30)18-9-7-16(8-10-18)19-13-26-21(25)20(27-19)23-29-28-22(31-23)17-5-3-15(4-6-17)11-12-24;;;;;/h3-10,13-14H,11-12,24H2,1-2H3,(H2,25,26);1H2;4*1H. The van der Waals surface area contributed by atoms with Crippen LogP contribution in [0.1, 0.15) is 25.1 Å². The SMILES string of the molecule is CC(C)S(=O)c1ccc(-c2cnc(N)c(-c3nnc(-c4ccc(CCN)cc4)o3)n2)cc1.O.[HH].[HH].[HH].[HH]. The first kappa shape index (κ1) is 24.2. The quantitative estimate of drug-likeness (QED) is 0.409. The van der Waals surface area contributed by atoms with Gasteiger partial charge in [0.1, 0.15) is 0 Å². The highest BCUT2D eigenvalue weighted by atomic mass is 32.2. The van der Waals surface area contributed by atoms with E-state index in [0.29, 0.717) is 23.8 Å². The monoisotopic (exact) mass is 474 g/mol. The molecule has 0 bridgehead atoms. The van der Waals surface area contributed by atoms with Crippen LogP contribution >= 0.6 is 0 Å². The van der Waals surface area contributed by atoms with Crippen LogP contribution in [0.25, 0.3) is 34.3 Å². The van der Waals surface area contributed by atoms with Crippen molar-refractivity contribution in [1.29, 1.82) is 0 Å². The molecule has 2 heterocycles. The van der Waals surface area contributed by atoms with E-state index >= 15 is 0 Å². The summed E-state index contributed by atoms with van der Waals surface area (Å²) in [6.07, 6.45) is 2.39. The fourth-order valence-corrected chi connectivity index (χ4v) is 4.09. The van der Waals surface area contributed by atoms with Crippen LogP contribution in [-0.2, 0) is 17.2 Å². The van der Waals surface area contributed by atoms with Gasteiger partial charge < -0.3 is 21.4 Å². The number of aromatic nitrogens is 4. The maximum absolute atomic E-state index is 12.3. The van der Waals surface area contributed by atoms with Gasteiger partial charge in [-0.1, -0.05) is 38.1 Å². The average molecular weight is 475 g/mol. The average Bonchev–Trinajstić information content (AvgIpc) is 3.30. The van der Waals surface area contributed by atoms with E-state index in [1.807, 2.05) is 62.4 Å². The Morgan fingerprint density at radius 2 is 1.64 bits per heavy atom. The molecule has 2 aromatic heterocycles. The Balaban J connectivity index is 0. The van der Waals surface area contributed by atoms with Crippen molar-refractivity contribution in [3.05, 3.63) is 60.3 Å². The molecular formula is C23H34N6O3S. The number of hydrogen-bond donors (Lipinski definition) is 2. The molecule has 9 nitrogen and oxygen atoms in total. The fourth-order valence-electron chi connectivity index (χ4n) is 3.14. The van der Waals surface area contributed by atoms with Crippen molar-refractivity contribution in [3.63, 3.8) is 0 Å². The molecule has 0 aliphatic carbocycles. The van der Waals surface area contributed by atoms with E-state index in [0.717, 1.165) is 28.0 Å². The largest absolute Gasteiger partial charge is 0.414 e. The van der Waals surface area contributed by atoms with Crippen LogP contribution in [0.3, 0.4) is 0 Å². The zero-order valence-electron chi connectivity index (χ0n) is 18.4. The summed E-state index contributed by atoms with van der Waals surface area (Å²) >= 11 is 0. The molecule has 1 atom stereocenters. The highest BCUT2D eigenvalue weighted by Gasteiger charge is 2.17. The van der Waals surface area contributed by atoms with Crippen LogP contribution in [0.15, 0.2) is 64.0 Å². The lowest BCUT2D eigenvalue weighted by atomic mass is 10.1. The number of rotatable bonds is 7. The summed E-state index contributed by atoms with van der Waals surface area (Å²) in [7, 11) is -1.05. The van der Waals surface area contributed by atoms with Gasteiger partial charge in [-0.3, -0.25) is 4.21 Å². The predicted molar refractivity (Wildman–Crippen MR) is 137 cm³/mol. The molecule has 0 amide bonds. The van der Waals surface area contributed by atoms with Gasteiger partial charge in [0.2, 0.25) is 5.89 Å². The van der Waals surface area contributed by atoms with Gasteiger partial charge in [-0.15, -0.1) is 10.2 Å². The molecule has 1 unspecified atom stereocenters. The molecule has 4 aromatic rings. The van der Waals surface area contributed by atoms with Gasteiger partial charge in [-0.2, -0.15) is 0 Å². The summed E-state index contributed by atoms with van der Waals surface area (Å²) in [6.45, 7) is 4.44. The van der Waals surface area contributed by atoms with Crippen LogP contribution in [0.4, 0.5) is 5.82 Å². The smallest absolute Gasteiger partial charge is 0.270 e. The van der Waals surface area contributed by atoms with Gasteiger partial charge in [0.05, 0.1) is 22.7 Å². The second kappa shape index (κ2) is 10.4. The summed E-state index contributed by atoms with van der Waals surface area (Å²) in [5, 5.41) is 8.29. The topological polar surface area (TPSA) is 165 Å². The summed E-state index contributed by atoms with van der Waals surface area (Å²) in [5.74, 6) is 0.751. The molecule has 180 valence electrons. The molecule has 6 N–H and O–H groups in total. The van der Waals surface area contributed by atoms with Crippen molar-refractivity contribution < 1.29 is 19.8 Å². The molecule has 10 heteroatoms. The predicted octanol–water partition coefficient (Wildman–Crippen LogP) is 3.62. The van der Waals surface area contributed by atoms with Crippen molar-refractivity contribution >= 4 is 16.6 Å². The minimum absolute atomic E-state index is 0. The third-order valence-corrected chi connectivity index (χ3v) is 6.47. The zero-order chi connectivity index (χ0) is 22.7. The Hall–Kier alpha value is -3.47. The van der Waals surface area contributed by atoms with Gasteiger partial charge in [0.25, 0.3) is 5.89 Å². The zero-order valence-corrected chi connectivity index (χ0v) is 19.2. The van der Waals surface area contributed by atoms with Crippen LogP contribution in [-0.4, -0.2) is 41.6 Å². The second-order valence-electron chi connectivity index (χ2n) is 7.51. The normalized spacial score (nSPS) is 11.9. The fraction of sp³-hybridized carbons (Fsp3) is 0.217. The van der Waals surface area contributed by atoms with E-state index in [-0.39, 0.29) is 28.1 Å². The van der Waals surface area contributed by atoms with Gasteiger partial charge in [0, 0.05) is 27.0 Å². The maximum Gasteiger partial charge on any atom is 0.270 e. The molecule has 0 saturated carbocycles. The third kappa shape index (κ3) is 5.30. The molecule has 4 rings (SSSR count). The first-order chi connectivity index (χ1) is 15.5. The molecular weight excluding hydrogens is 440 g/mol. The Kier molecular flexibility index (Phi) is 7.64. The van der Waals surface area contributed by atoms with Gasteiger partial charge in [-0.05, 0) is 42.8 Å². The lowest BCUT2D eigenvalue weighted by Crippen LogP contribution is -2.05. The number of nitrogens with two attached hydrogens (primary N) is 2. The van der Waals surface area contributed by atoms with E-state index < -0.39 is 10.8 Å². The number of nitrogen functional groups attached to an aromatic ring is 1. The molecule has 0 spiro atoms. The van der Waals surface area contributed by atoms with Crippen LogP contribution < -0.4 is 11.5 Å². The van der Waals surface area contributed by atoms with Crippen molar-refractivity contribution in [3.8, 4) is 34.3 Å². The Morgan fingerprint density at radius 3 is 2.27 bits per heavy atom. The summed E-state index contributed by atoms with van der Waals surface area (Å²) < 4.78 is 18.1. The highest BCUT2D eigenvalue weighted by Crippen LogP contribution is 2.28. The summed E-state index contributed by atoms with van der Waals surface area (Å²) in [5.41, 5.74) is 15.3. The van der Waals surface area contributed by atoms with Crippen molar-refractivity contribution in [2.45, 2.75) is 30.4 Å². The molecule has 0 aliphatic rings. The Labute approximate surface area is 200 Å². The van der Waals surface area contributed by atoms with Crippen molar-refractivity contribution in [2.24, 2.45) is 5.73 Å². The number of hydrogen-bond acceptors (Lipinski definition) is 8. The molecule has 2 aromatic carbocycles. The molecule has 0 saturated heterocycles. The highest BCUT2D eigenvalue weighted by molar-refractivity contribution is 7.85. The van der Waals surface area contributed by atoms with E-state index in [1.54, 1.807) is 6.20 Å². The second-order valence-corrected chi connectivity index (χ2v) is 9.52. The number of nitrogens with zero attached hydrogens (tertiary/aromatic N) is 4. The van der Waals surface area contributed by atoms with Crippen molar-refractivity contribution in [2.75, 3.05) is 12.3 Å². The van der Waals surface area contributed by atoms with E-state index in [4.69, 9.17) is 15.9 Å². The lowest BCUT2D eigenvalue weighted by Gasteiger charge is -2.07. The minimum atomic E-state index is -1.05. The minimum Gasteiger partial charge on any atom is -0.414 e. The van der Waals surface area contributed by atoms with Crippen LogP contribution in [0.5, 0.6) is 0 Å². The van der Waals surface area contributed by atoms with E-state index in [9.17, 15) is 4.21 Å². The van der Waals surface area contributed by atoms with Gasteiger partial charge in [0.15, 0.2) is 11.5 Å². The first-order valence-corrected chi connectivity index (χ1v) is 11.4. The lowest BCUT2D eigenvalue weighted by molar-refractivity contribution is 0.582. The summed E-state index contributed by atoms with van der Waals surface area (Å²) in [4.78, 5) is 9.61. The molecule has 0 radical (unpaired) electrons. The van der Waals surface area contributed by atoms with Crippen molar-refractivity contribution in [1.82, 2.24) is 20.2 Å². The molecule has 33 heavy (non-hydrogen) atoms. The maximum atomic E-state index is 12.3. The Morgan fingerprint density at radius 1 is 1.00 bits per heavy atom. The number of benzene rings is 2. The number of anilines is 1. The molecule has 0 aliphatic heterocycles. The van der Waals surface area contributed by atoms with Crippen LogP contribution in [0, 0.1) is 0 Å². The third-order valence-electron chi connectivity index (χ3n) is 4.87. The van der Waals surface area contributed by atoms with E-state index in [1.165, 1.54) is 0 Å². The molecule has 0 fully saturated rings. The summed E-state index contributed by atoms with van der Waals surface area (Å²) in [6, 6.07) is 15.2.